The Balaban J connectivity index is 2.00. The average molecular weight is 577 g/mol. The molecule has 0 fully saturated rings. The Morgan fingerprint density at radius 3 is 2.00 bits per heavy atom. The fourth-order valence-electron chi connectivity index (χ4n) is 3.99. The Morgan fingerprint density at radius 1 is 0.846 bits per heavy atom. The van der Waals surface area contributed by atoms with Gasteiger partial charge in [-0.05, 0) is 66.9 Å². The number of amides is 1. The van der Waals surface area contributed by atoms with Gasteiger partial charge in [0.05, 0.1) is 34.1 Å². The molecule has 0 bridgehead atoms. The predicted molar refractivity (Wildman–Crippen MR) is 151 cm³/mol. The van der Waals surface area contributed by atoms with Crippen molar-refractivity contribution in [3.8, 4) is 23.0 Å². The van der Waals surface area contributed by atoms with E-state index in [9.17, 15) is 13.2 Å². The molecule has 0 atom stereocenters. The molecule has 0 spiro atoms. The zero-order valence-electron chi connectivity index (χ0n) is 23.1. The molecule has 1 amide bonds. The van der Waals surface area contributed by atoms with Gasteiger partial charge in [-0.15, -0.1) is 0 Å². The maximum atomic E-state index is 14.0. The molecular formula is C28H33ClN2O7S. The summed E-state index contributed by atoms with van der Waals surface area (Å²) in [5, 5.41) is 0.377. The summed E-state index contributed by atoms with van der Waals surface area (Å²) in [5.41, 5.74) is 2.45. The first-order valence-electron chi connectivity index (χ1n) is 11.9. The molecule has 3 aromatic rings. The molecule has 0 saturated heterocycles. The van der Waals surface area contributed by atoms with Gasteiger partial charge >= 0.3 is 0 Å². The van der Waals surface area contributed by atoms with Gasteiger partial charge in [-0.2, -0.15) is 0 Å². The number of aryl methyl sites for hydroxylation is 2. The molecule has 9 nitrogen and oxygen atoms in total. The number of likely N-dealkylation sites (N-methyl/N-ethyl adjacent to an activating group) is 1. The number of carbonyl (C=O) groups excluding carboxylic acids is 1. The van der Waals surface area contributed by atoms with E-state index >= 15 is 0 Å². The van der Waals surface area contributed by atoms with E-state index in [1.165, 1.54) is 45.5 Å². The van der Waals surface area contributed by atoms with Crippen molar-refractivity contribution in [2.45, 2.75) is 25.3 Å². The number of rotatable bonds is 11. The molecule has 210 valence electrons. The van der Waals surface area contributed by atoms with Crippen molar-refractivity contribution in [1.82, 2.24) is 4.90 Å². The molecule has 0 saturated carbocycles. The second-order valence-electron chi connectivity index (χ2n) is 8.88. The van der Waals surface area contributed by atoms with Crippen LogP contribution in [0.2, 0.25) is 5.02 Å². The molecular weight excluding hydrogens is 544 g/mol. The number of methoxy groups -OCH3 is 4. The highest BCUT2D eigenvalue weighted by atomic mass is 35.5. The molecule has 39 heavy (non-hydrogen) atoms. The minimum Gasteiger partial charge on any atom is -0.495 e. The summed E-state index contributed by atoms with van der Waals surface area (Å²) in [5.74, 6) is 1.03. The zero-order valence-corrected chi connectivity index (χ0v) is 24.6. The fourth-order valence-corrected chi connectivity index (χ4v) is 5.81. The molecule has 0 aliphatic rings. The van der Waals surface area contributed by atoms with Crippen LogP contribution >= 0.6 is 11.6 Å². The number of carbonyl (C=O) groups is 1. The number of nitrogens with zero attached hydrogens (tertiary/aromatic N) is 2. The number of sulfonamides is 1. The summed E-state index contributed by atoms with van der Waals surface area (Å²) in [4.78, 5) is 14.9. The first-order chi connectivity index (χ1) is 18.5. The second kappa shape index (κ2) is 12.5. The van der Waals surface area contributed by atoms with E-state index in [0.717, 1.165) is 15.4 Å². The van der Waals surface area contributed by atoms with E-state index in [2.05, 4.69) is 0 Å². The summed E-state index contributed by atoms with van der Waals surface area (Å²) in [6.07, 6.45) is 0. The number of halogens is 1. The van der Waals surface area contributed by atoms with Gasteiger partial charge in [0.25, 0.3) is 10.0 Å². The third-order valence-electron chi connectivity index (χ3n) is 6.18. The van der Waals surface area contributed by atoms with Gasteiger partial charge in [-0.3, -0.25) is 9.10 Å². The Kier molecular flexibility index (Phi) is 9.58. The summed E-state index contributed by atoms with van der Waals surface area (Å²) in [6.45, 7) is 3.28. The molecule has 0 aliphatic heterocycles. The predicted octanol–water partition coefficient (Wildman–Crippen LogP) is 4.85. The van der Waals surface area contributed by atoms with E-state index in [1.807, 2.05) is 6.92 Å². The van der Waals surface area contributed by atoms with Crippen LogP contribution in [0.1, 0.15) is 16.7 Å². The Morgan fingerprint density at radius 2 is 1.46 bits per heavy atom. The molecule has 3 rings (SSSR count). The lowest BCUT2D eigenvalue weighted by Gasteiger charge is -2.28. The SMILES string of the molecule is COc1ccc(C)cc1S(=O)(=O)N(CC(=O)N(C)Cc1cc(OC)c(OC)c(OC)c1)c1ccc(C)c(Cl)c1. The maximum absolute atomic E-state index is 14.0. The molecule has 3 aromatic carbocycles. The van der Waals surface area contributed by atoms with Crippen LogP contribution in [-0.2, 0) is 21.4 Å². The minimum absolute atomic E-state index is 0.0539. The first kappa shape index (κ1) is 29.9. The lowest BCUT2D eigenvalue weighted by atomic mass is 10.1. The lowest BCUT2D eigenvalue weighted by molar-refractivity contribution is -0.128. The number of anilines is 1. The zero-order chi connectivity index (χ0) is 28.9. The van der Waals surface area contributed by atoms with Gasteiger partial charge < -0.3 is 23.8 Å². The van der Waals surface area contributed by atoms with Crippen LogP contribution in [0.4, 0.5) is 5.69 Å². The molecule has 0 unspecified atom stereocenters. The first-order valence-corrected chi connectivity index (χ1v) is 13.7. The smallest absolute Gasteiger partial charge is 0.268 e. The van der Waals surface area contributed by atoms with Crippen molar-refractivity contribution in [2.24, 2.45) is 0 Å². The van der Waals surface area contributed by atoms with Crippen molar-refractivity contribution in [2.75, 3.05) is 46.3 Å². The third-order valence-corrected chi connectivity index (χ3v) is 8.38. The van der Waals surface area contributed by atoms with Crippen molar-refractivity contribution in [3.05, 3.63) is 70.2 Å². The van der Waals surface area contributed by atoms with Crippen molar-refractivity contribution >= 4 is 33.2 Å². The van der Waals surface area contributed by atoms with E-state index in [4.69, 9.17) is 30.5 Å². The van der Waals surface area contributed by atoms with E-state index in [1.54, 1.807) is 50.4 Å². The van der Waals surface area contributed by atoms with E-state index in [-0.39, 0.29) is 22.9 Å². The average Bonchev–Trinajstić information content (AvgIpc) is 2.92. The highest BCUT2D eigenvalue weighted by Gasteiger charge is 2.31. The van der Waals surface area contributed by atoms with Crippen molar-refractivity contribution in [3.63, 3.8) is 0 Å². The molecule has 0 radical (unpaired) electrons. The maximum Gasteiger partial charge on any atom is 0.268 e. The van der Waals surface area contributed by atoms with Crippen molar-refractivity contribution < 1.29 is 32.2 Å². The van der Waals surface area contributed by atoms with E-state index in [0.29, 0.717) is 27.8 Å². The minimum atomic E-state index is -4.24. The summed E-state index contributed by atoms with van der Waals surface area (Å²) in [7, 11) is 3.26. The van der Waals surface area contributed by atoms with Crippen LogP contribution in [0.15, 0.2) is 53.4 Å². The molecule has 11 heteroatoms. The van der Waals surface area contributed by atoms with Crippen LogP contribution in [0.3, 0.4) is 0 Å². The molecule has 0 aromatic heterocycles. The van der Waals surface area contributed by atoms with Crippen LogP contribution in [0, 0.1) is 13.8 Å². The molecule has 0 N–H and O–H groups in total. The van der Waals surface area contributed by atoms with Crippen LogP contribution in [0.5, 0.6) is 23.0 Å². The van der Waals surface area contributed by atoms with Crippen molar-refractivity contribution in [1.29, 1.82) is 0 Å². The lowest BCUT2D eigenvalue weighted by Crippen LogP contribution is -2.41. The van der Waals surface area contributed by atoms with Crippen LogP contribution in [0.25, 0.3) is 0 Å². The third kappa shape index (κ3) is 6.51. The van der Waals surface area contributed by atoms with Gasteiger partial charge in [-0.1, -0.05) is 23.7 Å². The Labute approximate surface area is 234 Å². The van der Waals surface area contributed by atoms with Gasteiger partial charge in [0.2, 0.25) is 11.7 Å². The molecule has 0 aliphatic carbocycles. The summed E-state index contributed by atoms with van der Waals surface area (Å²) >= 11 is 6.35. The monoisotopic (exact) mass is 576 g/mol. The Hall–Kier alpha value is -3.63. The number of hydrogen-bond acceptors (Lipinski definition) is 7. The number of ether oxygens (including phenoxy) is 4. The highest BCUT2D eigenvalue weighted by Crippen LogP contribution is 2.38. The Bertz CT molecular complexity index is 1440. The summed E-state index contributed by atoms with van der Waals surface area (Å²) < 4.78 is 50.6. The standard InChI is InChI=1S/C28H33ClN2O7S/c1-18-8-11-23(35-4)26(12-18)39(33,34)31(21-10-9-19(2)22(29)15-21)17-27(32)30(3)16-20-13-24(36-5)28(38-7)25(14-20)37-6/h8-15H,16-17H2,1-7H3. The van der Waals surface area contributed by atoms with Gasteiger partial charge in [0, 0.05) is 18.6 Å². The summed E-state index contributed by atoms with van der Waals surface area (Å²) in [6, 6.07) is 13.2. The normalized spacial score (nSPS) is 11.1. The fraction of sp³-hybridized carbons (Fsp3) is 0.321. The second-order valence-corrected chi connectivity index (χ2v) is 11.1. The van der Waals surface area contributed by atoms with Gasteiger partial charge in [-0.25, -0.2) is 8.42 Å². The number of benzene rings is 3. The van der Waals surface area contributed by atoms with Gasteiger partial charge in [0.1, 0.15) is 17.2 Å². The molecule has 0 heterocycles. The number of hydrogen-bond donors (Lipinski definition) is 0. The quantitative estimate of drug-likeness (QED) is 0.322. The van der Waals surface area contributed by atoms with Crippen LogP contribution < -0.4 is 23.3 Å². The van der Waals surface area contributed by atoms with E-state index < -0.39 is 22.5 Å². The largest absolute Gasteiger partial charge is 0.495 e. The highest BCUT2D eigenvalue weighted by molar-refractivity contribution is 7.93. The van der Waals surface area contributed by atoms with Gasteiger partial charge in [0.15, 0.2) is 11.5 Å². The topological polar surface area (TPSA) is 94.6 Å². The van der Waals surface area contributed by atoms with Crippen LogP contribution in [-0.4, -0.2) is 61.3 Å².